The standard InChI is InChI=1S/C47H75NO10.C2H6/c1-34(21-12-10-14-23-37(4)47(55,56)44(51)45(52)48-31-18-17-28-41(48)46(53)54)20-11-8-7-9-13-22-36(3)43(50)42(58-6)32-35(2)29-30-39(49)26-16-15-24-38-25-19-27-40(33-38)57-5;1-2/h7-9,11,20,29,36-38,40-42,55-56H,10,12-19,21-28,30-33H2,1-6H3,(H,53,54);1-2H3/b9-7+,11-8+,34-20+,35-29+;. The number of ketones is 3. The molecule has 3 N–H and O–H groups in total. The molecule has 1 amide bonds. The molecule has 0 bridgehead atoms. The number of hydrogen-bond donors (Lipinski definition) is 3. The zero-order valence-electron chi connectivity index (χ0n) is 38.4. The number of rotatable bonds is 28. The van der Waals surface area contributed by atoms with Gasteiger partial charge >= 0.3 is 5.97 Å². The number of likely N-dealkylation sites (tertiary alicyclic amines) is 1. The molecule has 1 aliphatic heterocycles. The fraction of sp³-hybridized carbons (Fsp3) is 0.735. The number of ether oxygens (including phenoxy) is 2. The van der Waals surface area contributed by atoms with Crippen LogP contribution in [0.15, 0.2) is 47.6 Å². The minimum absolute atomic E-state index is 0.0797. The van der Waals surface area contributed by atoms with Crippen LogP contribution in [-0.4, -0.2) is 94.2 Å². The highest BCUT2D eigenvalue weighted by atomic mass is 16.5. The van der Waals surface area contributed by atoms with Crippen molar-refractivity contribution >= 4 is 29.2 Å². The van der Waals surface area contributed by atoms with Gasteiger partial charge in [0.25, 0.3) is 11.7 Å². The van der Waals surface area contributed by atoms with Crippen molar-refractivity contribution in [3.05, 3.63) is 47.6 Å². The van der Waals surface area contributed by atoms with Crippen LogP contribution < -0.4 is 0 Å². The van der Waals surface area contributed by atoms with Gasteiger partial charge in [-0.15, -0.1) is 0 Å². The van der Waals surface area contributed by atoms with Crippen molar-refractivity contribution in [2.24, 2.45) is 17.8 Å². The van der Waals surface area contributed by atoms with E-state index in [9.17, 15) is 39.3 Å². The topological polar surface area (TPSA) is 168 Å². The van der Waals surface area contributed by atoms with Gasteiger partial charge in [0.2, 0.25) is 5.79 Å². The molecule has 0 aromatic carbocycles. The molecule has 1 aliphatic carbocycles. The Morgan fingerprint density at radius 3 is 2.23 bits per heavy atom. The Hall–Kier alpha value is -3.25. The molecule has 0 aromatic rings. The van der Waals surface area contributed by atoms with E-state index in [-0.39, 0.29) is 30.4 Å². The number of allylic oxidation sites excluding steroid dienone is 7. The molecule has 1 saturated heterocycles. The summed E-state index contributed by atoms with van der Waals surface area (Å²) in [5.74, 6) is -6.57. The average molecular weight is 844 g/mol. The van der Waals surface area contributed by atoms with Gasteiger partial charge in [0, 0.05) is 51.9 Å². The van der Waals surface area contributed by atoms with Gasteiger partial charge in [-0.3, -0.25) is 19.2 Å². The summed E-state index contributed by atoms with van der Waals surface area (Å²) < 4.78 is 11.1. The number of carbonyl (C=O) groups excluding carboxylic acids is 4. The van der Waals surface area contributed by atoms with Gasteiger partial charge in [0.1, 0.15) is 17.9 Å². The first kappa shape index (κ1) is 54.8. The van der Waals surface area contributed by atoms with Crippen molar-refractivity contribution in [1.29, 1.82) is 0 Å². The summed E-state index contributed by atoms with van der Waals surface area (Å²) in [5, 5.41) is 30.5. The number of carboxylic acid groups (broad SMARTS) is 1. The lowest BCUT2D eigenvalue weighted by Gasteiger charge is -2.35. The molecule has 0 spiro atoms. The maximum Gasteiger partial charge on any atom is 0.326 e. The van der Waals surface area contributed by atoms with Crippen LogP contribution in [0.1, 0.15) is 170 Å². The fourth-order valence-electron chi connectivity index (χ4n) is 8.06. The average Bonchev–Trinajstić information content (AvgIpc) is 3.25. The summed E-state index contributed by atoms with van der Waals surface area (Å²) >= 11 is 0. The highest BCUT2D eigenvalue weighted by Crippen LogP contribution is 2.30. The summed E-state index contributed by atoms with van der Waals surface area (Å²) in [6, 6.07) is -1.13. The monoisotopic (exact) mass is 844 g/mol. The van der Waals surface area contributed by atoms with Gasteiger partial charge in [0.15, 0.2) is 5.78 Å². The minimum Gasteiger partial charge on any atom is -0.480 e. The van der Waals surface area contributed by atoms with Crippen LogP contribution in [0.5, 0.6) is 0 Å². The van der Waals surface area contributed by atoms with Crippen LogP contribution in [0, 0.1) is 17.8 Å². The Kier molecular flexibility index (Phi) is 28.0. The number of hydrogen-bond acceptors (Lipinski definition) is 9. The van der Waals surface area contributed by atoms with Crippen LogP contribution in [0.3, 0.4) is 0 Å². The first-order valence-electron chi connectivity index (χ1n) is 22.9. The molecule has 342 valence electrons. The smallest absolute Gasteiger partial charge is 0.326 e. The quantitative estimate of drug-likeness (QED) is 0.0227. The summed E-state index contributed by atoms with van der Waals surface area (Å²) in [6.45, 7) is 11.6. The van der Waals surface area contributed by atoms with Crippen molar-refractivity contribution in [1.82, 2.24) is 4.90 Å². The van der Waals surface area contributed by atoms with E-state index in [0.717, 1.165) is 61.3 Å². The number of carboxylic acids is 1. The zero-order valence-corrected chi connectivity index (χ0v) is 38.4. The van der Waals surface area contributed by atoms with Gasteiger partial charge in [-0.2, -0.15) is 0 Å². The summed E-state index contributed by atoms with van der Waals surface area (Å²) in [5.41, 5.74) is 2.19. The van der Waals surface area contributed by atoms with Gasteiger partial charge in [-0.25, -0.2) is 4.79 Å². The molecule has 2 rings (SSSR count). The van der Waals surface area contributed by atoms with Crippen molar-refractivity contribution < 1.29 is 48.8 Å². The minimum atomic E-state index is -2.85. The fourth-order valence-corrected chi connectivity index (χ4v) is 8.06. The predicted molar refractivity (Wildman–Crippen MR) is 238 cm³/mol. The van der Waals surface area contributed by atoms with Crippen molar-refractivity contribution in [3.63, 3.8) is 0 Å². The van der Waals surface area contributed by atoms with Crippen molar-refractivity contribution in [2.45, 2.75) is 194 Å². The zero-order chi connectivity index (χ0) is 45.1. The van der Waals surface area contributed by atoms with E-state index in [2.05, 4.69) is 0 Å². The maximum atomic E-state index is 13.1. The van der Waals surface area contributed by atoms with E-state index < -0.39 is 41.5 Å². The summed E-state index contributed by atoms with van der Waals surface area (Å²) in [7, 11) is 3.37. The number of amides is 1. The molecule has 0 radical (unpaired) electrons. The second kappa shape index (κ2) is 30.7. The third kappa shape index (κ3) is 20.5. The molecule has 1 heterocycles. The maximum absolute atomic E-state index is 13.1. The number of piperidine rings is 1. The Bertz CT molecular complexity index is 1430. The lowest BCUT2D eigenvalue weighted by molar-refractivity contribution is -0.205. The third-order valence-corrected chi connectivity index (χ3v) is 12.1. The van der Waals surface area contributed by atoms with E-state index in [4.69, 9.17) is 9.47 Å². The lowest BCUT2D eigenvalue weighted by atomic mass is 9.84. The van der Waals surface area contributed by atoms with E-state index in [1.54, 1.807) is 14.2 Å². The second-order valence-electron chi connectivity index (χ2n) is 17.0. The number of carbonyl (C=O) groups is 5. The Morgan fingerprint density at radius 1 is 0.833 bits per heavy atom. The molecule has 2 aliphatic rings. The Morgan fingerprint density at radius 2 is 1.55 bits per heavy atom. The van der Waals surface area contributed by atoms with Crippen LogP contribution >= 0.6 is 0 Å². The Balaban J connectivity index is 0.00000886. The molecule has 6 unspecified atom stereocenters. The van der Waals surface area contributed by atoms with E-state index >= 15 is 0 Å². The van der Waals surface area contributed by atoms with Crippen LogP contribution in [-0.2, 0) is 33.4 Å². The van der Waals surface area contributed by atoms with Crippen molar-refractivity contribution in [2.75, 3.05) is 20.8 Å². The molecule has 6 atom stereocenters. The lowest BCUT2D eigenvalue weighted by Crippen LogP contribution is -2.57. The van der Waals surface area contributed by atoms with E-state index in [1.807, 2.05) is 71.1 Å². The SMILES string of the molecule is CC.COC1CCCC(CCCCC(=O)C/C=C(\C)CC(OC)C(=O)C(C)CC/C=C/C=C/C=C(\C)CCCCCC(C)C(O)(O)C(=O)C(=O)N2CCCCC2C(=O)O)C1. The van der Waals surface area contributed by atoms with Gasteiger partial charge in [-0.1, -0.05) is 114 Å². The molecule has 11 heteroatoms. The number of methoxy groups -OCH3 is 2. The van der Waals surface area contributed by atoms with Crippen LogP contribution in [0.4, 0.5) is 0 Å². The number of aliphatic hydroxyl groups is 2. The number of nitrogens with zero attached hydrogens (tertiary/aromatic N) is 1. The highest BCUT2D eigenvalue weighted by molar-refractivity contribution is 6.39. The highest BCUT2D eigenvalue weighted by Gasteiger charge is 2.47. The Labute approximate surface area is 362 Å². The van der Waals surface area contributed by atoms with Gasteiger partial charge < -0.3 is 29.7 Å². The molecule has 0 aromatic heterocycles. The molecule has 1 saturated carbocycles. The van der Waals surface area contributed by atoms with Crippen molar-refractivity contribution in [3.8, 4) is 0 Å². The van der Waals surface area contributed by atoms with Crippen LogP contribution in [0.25, 0.3) is 0 Å². The molecular weight excluding hydrogens is 763 g/mol. The predicted octanol–water partition coefficient (Wildman–Crippen LogP) is 9.44. The van der Waals surface area contributed by atoms with Gasteiger partial charge in [-0.05, 0) is 90.4 Å². The third-order valence-electron chi connectivity index (χ3n) is 12.1. The normalized spacial score (nSPS) is 20.7. The first-order valence-corrected chi connectivity index (χ1v) is 22.9. The van der Waals surface area contributed by atoms with E-state index in [1.165, 1.54) is 38.2 Å². The van der Waals surface area contributed by atoms with Gasteiger partial charge in [0.05, 0.1) is 6.10 Å². The summed E-state index contributed by atoms with van der Waals surface area (Å²) in [4.78, 5) is 63.6. The number of Topliss-reactive ketones (excluding diaryl/α,β-unsaturated/α-hetero) is 3. The summed E-state index contributed by atoms with van der Waals surface area (Å²) in [6.07, 6.45) is 27.7. The number of aliphatic carboxylic acids is 1. The molecule has 60 heavy (non-hydrogen) atoms. The van der Waals surface area contributed by atoms with Crippen LogP contribution in [0.2, 0.25) is 0 Å². The molecule has 11 nitrogen and oxygen atoms in total. The number of unbranched alkanes of at least 4 members (excludes halogenated alkanes) is 3. The molecular formula is C49H81NO10. The second-order valence-corrected chi connectivity index (χ2v) is 17.0. The van der Waals surface area contributed by atoms with E-state index in [0.29, 0.717) is 57.5 Å². The molecule has 2 fully saturated rings. The first-order chi connectivity index (χ1) is 28.6. The largest absolute Gasteiger partial charge is 0.480 e.